The first-order valence-corrected chi connectivity index (χ1v) is 6.12. The summed E-state index contributed by atoms with van der Waals surface area (Å²) >= 11 is 0. The molecular formula is C11H11NO2S. The van der Waals surface area contributed by atoms with Gasteiger partial charge in [0, 0.05) is 11.1 Å². The van der Waals surface area contributed by atoms with E-state index in [9.17, 15) is 4.79 Å². The van der Waals surface area contributed by atoms with Gasteiger partial charge in [0.2, 0.25) is 0 Å². The van der Waals surface area contributed by atoms with Gasteiger partial charge >= 0.3 is 5.97 Å². The molecule has 1 atom stereocenters. The maximum absolute atomic E-state index is 11.0. The molecule has 1 aliphatic rings. The highest BCUT2D eigenvalue weighted by Gasteiger charge is 2.21. The summed E-state index contributed by atoms with van der Waals surface area (Å²) in [5.41, 5.74) is 1.34. The molecule has 0 saturated carbocycles. The third-order valence-corrected chi connectivity index (χ3v) is 3.74. The number of benzene rings is 1. The standard InChI is InChI=1S/C11H11NO2S/c1-15-10(8-5-3-2-4-6-8)9(7-12-15)11(13)14/h2-7,12H,1H3,(H,13,14). The highest BCUT2D eigenvalue weighted by Crippen LogP contribution is 2.23. The summed E-state index contributed by atoms with van der Waals surface area (Å²) in [6.45, 7) is 0. The quantitative estimate of drug-likeness (QED) is 0.746. The molecule has 3 nitrogen and oxygen atoms in total. The Morgan fingerprint density at radius 3 is 2.60 bits per heavy atom. The molecule has 4 heteroatoms. The van der Waals surface area contributed by atoms with E-state index in [1.54, 1.807) is 6.20 Å². The molecular weight excluding hydrogens is 210 g/mol. The third kappa shape index (κ3) is 1.80. The predicted molar refractivity (Wildman–Crippen MR) is 62.9 cm³/mol. The van der Waals surface area contributed by atoms with Crippen LogP contribution in [0.15, 0.2) is 42.1 Å². The number of rotatable bonds is 2. The van der Waals surface area contributed by atoms with Crippen LogP contribution in [-0.4, -0.2) is 22.2 Å². The van der Waals surface area contributed by atoms with Crippen LogP contribution in [0.1, 0.15) is 5.56 Å². The van der Waals surface area contributed by atoms with Crippen LogP contribution in [-0.2, 0) is 4.79 Å². The third-order valence-electron chi connectivity index (χ3n) is 2.20. The Hall–Kier alpha value is -1.55. The number of nitrogens with one attached hydrogen (secondary N) is 1. The summed E-state index contributed by atoms with van der Waals surface area (Å²) in [7, 11) is -0.219. The van der Waals surface area contributed by atoms with Gasteiger partial charge in [-0.25, -0.2) is 4.79 Å². The Balaban J connectivity index is 2.49. The lowest BCUT2D eigenvalue weighted by molar-refractivity contribution is -0.132. The van der Waals surface area contributed by atoms with E-state index < -0.39 is 5.97 Å². The fraction of sp³-hybridized carbons (Fsp3) is 0.0909. The molecule has 0 aliphatic carbocycles. The van der Waals surface area contributed by atoms with E-state index >= 15 is 0 Å². The number of carboxylic acid groups (broad SMARTS) is 1. The zero-order valence-corrected chi connectivity index (χ0v) is 9.04. The molecule has 1 aromatic rings. The fourth-order valence-electron chi connectivity index (χ4n) is 1.52. The van der Waals surface area contributed by atoms with E-state index in [2.05, 4.69) is 4.72 Å². The highest BCUT2D eigenvalue weighted by atomic mass is 32.2. The Morgan fingerprint density at radius 1 is 1.33 bits per heavy atom. The van der Waals surface area contributed by atoms with Gasteiger partial charge in [0.15, 0.2) is 0 Å². The summed E-state index contributed by atoms with van der Waals surface area (Å²) < 4.78 is 3.05. The van der Waals surface area contributed by atoms with Crippen LogP contribution in [0, 0.1) is 0 Å². The van der Waals surface area contributed by atoms with Crippen LogP contribution < -0.4 is 4.72 Å². The van der Waals surface area contributed by atoms with Crippen LogP contribution in [0.4, 0.5) is 0 Å². The molecule has 0 saturated heterocycles. The molecule has 1 unspecified atom stereocenters. The van der Waals surface area contributed by atoms with Crippen molar-refractivity contribution in [2.45, 2.75) is 0 Å². The van der Waals surface area contributed by atoms with Crippen LogP contribution >= 0.6 is 10.7 Å². The number of carboxylic acids is 1. The van der Waals surface area contributed by atoms with Gasteiger partial charge in [-0.2, -0.15) is 0 Å². The van der Waals surface area contributed by atoms with E-state index in [1.807, 2.05) is 36.6 Å². The molecule has 1 aliphatic heterocycles. The first kappa shape index (κ1) is 9.98. The van der Waals surface area contributed by atoms with Gasteiger partial charge in [0.1, 0.15) is 0 Å². The largest absolute Gasteiger partial charge is 0.478 e. The molecule has 78 valence electrons. The number of hydrogen-bond acceptors (Lipinski definition) is 2. The molecule has 0 bridgehead atoms. The van der Waals surface area contributed by atoms with Gasteiger partial charge in [-0.3, -0.25) is 0 Å². The molecule has 1 aromatic carbocycles. The van der Waals surface area contributed by atoms with E-state index in [4.69, 9.17) is 5.11 Å². The van der Waals surface area contributed by atoms with Crippen molar-refractivity contribution < 1.29 is 9.90 Å². The van der Waals surface area contributed by atoms with Crippen LogP contribution in [0.5, 0.6) is 0 Å². The Morgan fingerprint density at radius 2 is 2.00 bits per heavy atom. The molecule has 2 N–H and O–H groups in total. The van der Waals surface area contributed by atoms with Gasteiger partial charge in [-0.1, -0.05) is 41.0 Å². The second-order valence-electron chi connectivity index (χ2n) is 3.19. The zero-order valence-electron chi connectivity index (χ0n) is 8.23. The maximum Gasteiger partial charge on any atom is 0.338 e. The minimum Gasteiger partial charge on any atom is -0.478 e. The summed E-state index contributed by atoms with van der Waals surface area (Å²) in [6, 6.07) is 9.62. The van der Waals surface area contributed by atoms with Crippen molar-refractivity contribution in [1.29, 1.82) is 0 Å². The molecule has 0 aromatic heterocycles. The molecule has 0 spiro atoms. The van der Waals surface area contributed by atoms with Crippen LogP contribution in [0.2, 0.25) is 0 Å². The number of carbonyl (C=O) groups is 1. The van der Waals surface area contributed by atoms with E-state index in [-0.39, 0.29) is 10.7 Å². The van der Waals surface area contributed by atoms with E-state index in [0.29, 0.717) is 5.57 Å². The van der Waals surface area contributed by atoms with Crippen molar-refractivity contribution in [3.63, 3.8) is 0 Å². The lowest BCUT2D eigenvalue weighted by atomic mass is 10.1. The topological polar surface area (TPSA) is 49.3 Å². The van der Waals surface area contributed by atoms with Crippen molar-refractivity contribution in [3.05, 3.63) is 47.7 Å². The van der Waals surface area contributed by atoms with Crippen molar-refractivity contribution in [3.8, 4) is 0 Å². The zero-order chi connectivity index (χ0) is 10.8. The summed E-state index contributed by atoms with van der Waals surface area (Å²) in [6.07, 6.45) is 3.56. The van der Waals surface area contributed by atoms with E-state index in [0.717, 1.165) is 10.4 Å². The molecule has 1 heterocycles. The van der Waals surface area contributed by atoms with Crippen molar-refractivity contribution in [1.82, 2.24) is 4.72 Å². The fourth-order valence-corrected chi connectivity index (χ4v) is 2.90. The molecule has 0 amide bonds. The first-order valence-electron chi connectivity index (χ1n) is 4.48. The molecule has 2 rings (SSSR count). The summed E-state index contributed by atoms with van der Waals surface area (Å²) in [5.74, 6) is -0.877. The monoisotopic (exact) mass is 221 g/mol. The maximum atomic E-state index is 11.0. The highest BCUT2D eigenvalue weighted by molar-refractivity contribution is 8.14. The summed E-state index contributed by atoms with van der Waals surface area (Å²) in [5, 5.41) is 9.04. The van der Waals surface area contributed by atoms with Crippen molar-refractivity contribution >= 4 is 21.5 Å². The Labute approximate surface area is 90.5 Å². The predicted octanol–water partition coefficient (Wildman–Crippen LogP) is 1.59. The minimum absolute atomic E-state index is 0.219. The Kier molecular flexibility index (Phi) is 2.60. The van der Waals surface area contributed by atoms with Crippen molar-refractivity contribution in [2.75, 3.05) is 6.26 Å². The van der Waals surface area contributed by atoms with Gasteiger partial charge in [0.05, 0.1) is 5.57 Å². The van der Waals surface area contributed by atoms with Crippen LogP contribution in [0.3, 0.4) is 0 Å². The molecule has 15 heavy (non-hydrogen) atoms. The SMILES string of the molecule is CS1=C(c2ccccc2)C(C(=O)O)=CN1. The lowest BCUT2D eigenvalue weighted by Crippen LogP contribution is -2.10. The van der Waals surface area contributed by atoms with Gasteiger partial charge in [-0.05, 0) is 11.8 Å². The minimum atomic E-state index is -0.877. The second-order valence-corrected chi connectivity index (χ2v) is 4.85. The molecule has 0 fully saturated rings. The number of aliphatic carboxylic acids is 1. The first-order chi connectivity index (χ1) is 7.20. The number of hydrogen-bond donors (Lipinski definition) is 2. The smallest absolute Gasteiger partial charge is 0.338 e. The van der Waals surface area contributed by atoms with Gasteiger partial charge in [-0.15, -0.1) is 0 Å². The van der Waals surface area contributed by atoms with Gasteiger partial charge in [0.25, 0.3) is 0 Å². The average molecular weight is 221 g/mol. The van der Waals surface area contributed by atoms with Crippen LogP contribution in [0.25, 0.3) is 0 Å². The second kappa shape index (κ2) is 3.90. The summed E-state index contributed by atoms with van der Waals surface area (Å²) in [4.78, 5) is 11.9. The van der Waals surface area contributed by atoms with Crippen molar-refractivity contribution in [2.24, 2.45) is 0 Å². The van der Waals surface area contributed by atoms with E-state index in [1.165, 1.54) is 0 Å². The van der Waals surface area contributed by atoms with Gasteiger partial charge < -0.3 is 9.83 Å². The normalized spacial score (nSPS) is 19.7. The molecule has 0 radical (unpaired) electrons. The Bertz CT molecular complexity index is 463. The lowest BCUT2D eigenvalue weighted by Gasteiger charge is -2.06. The average Bonchev–Trinajstić information content (AvgIpc) is 2.61.